The van der Waals surface area contributed by atoms with Crippen molar-refractivity contribution in [1.29, 1.82) is 0 Å². The molecule has 1 aromatic rings. The Labute approximate surface area is 116 Å². The summed E-state index contributed by atoms with van der Waals surface area (Å²) in [6, 6.07) is 0.259. The summed E-state index contributed by atoms with van der Waals surface area (Å²) in [6.45, 7) is 2.84. The number of fused-ring (bicyclic) bond motifs is 1. The van der Waals surface area contributed by atoms with Crippen molar-refractivity contribution in [3.63, 3.8) is 0 Å². The molecule has 0 spiro atoms. The van der Waals surface area contributed by atoms with Crippen LogP contribution in [-0.2, 0) is 12.8 Å². The molecule has 1 saturated heterocycles. The highest BCUT2D eigenvalue weighted by atomic mass is 32.2. The van der Waals surface area contributed by atoms with Crippen LogP contribution in [0.5, 0.6) is 0 Å². The molecule has 1 fully saturated rings. The maximum absolute atomic E-state index is 10.3. The number of hydrogen-bond acceptors (Lipinski definition) is 5. The Morgan fingerprint density at radius 2 is 2.39 bits per heavy atom. The molecule has 100 valence electrons. The molecule has 1 aromatic heterocycles. The summed E-state index contributed by atoms with van der Waals surface area (Å²) in [5.74, 6) is 1.94. The fraction of sp³-hybridized carbons (Fsp3) is 0.769. The maximum Gasteiger partial charge on any atom is 0.110 e. The maximum atomic E-state index is 10.3. The normalized spacial score (nSPS) is 28.6. The first-order chi connectivity index (χ1) is 8.66. The number of nitrogens with zero attached hydrogens (tertiary/aromatic N) is 1. The van der Waals surface area contributed by atoms with E-state index >= 15 is 0 Å². The predicted molar refractivity (Wildman–Crippen MR) is 77.4 cm³/mol. The highest BCUT2D eigenvalue weighted by molar-refractivity contribution is 7.99. The molecule has 1 aliphatic heterocycles. The highest BCUT2D eigenvalue weighted by Crippen LogP contribution is 2.31. The third-order valence-electron chi connectivity index (χ3n) is 3.80. The molecule has 5 heteroatoms. The van der Waals surface area contributed by atoms with Crippen molar-refractivity contribution in [2.24, 2.45) is 0 Å². The van der Waals surface area contributed by atoms with Gasteiger partial charge in [0, 0.05) is 17.2 Å². The lowest BCUT2D eigenvalue weighted by Gasteiger charge is -2.23. The second-order valence-corrected chi connectivity index (χ2v) is 7.63. The molecule has 2 aliphatic rings. The lowest BCUT2D eigenvalue weighted by atomic mass is 10.0. The van der Waals surface area contributed by atoms with E-state index in [1.54, 1.807) is 0 Å². The first-order valence-electron chi connectivity index (χ1n) is 6.68. The van der Waals surface area contributed by atoms with Crippen LogP contribution < -0.4 is 5.32 Å². The van der Waals surface area contributed by atoms with Gasteiger partial charge in [-0.15, -0.1) is 11.3 Å². The Hall–Kier alpha value is -0.100. The zero-order valence-corrected chi connectivity index (χ0v) is 12.4. The molecule has 3 nitrogen and oxygen atoms in total. The summed E-state index contributed by atoms with van der Waals surface area (Å²) in [4.78, 5) is 6.21. The number of aliphatic hydroxyl groups is 1. The number of aryl methyl sites for hydroxylation is 2. The van der Waals surface area contributed by atoms with Gasteiger partial charge >= 0.3 is 0 Å². The average Bonchev–Trinajstić information content (AvgIpc) is 3.00. The van der Waals surface area contributed by atoms with Crippen LogP contribution in [0, 0.1) is 0 Å². The van der Waals surface area contributed by atoms with E-state index in [1.807, 2.05) is 23.1 Å². The zero-order valence-electron chi connectivity index (χ0n) is 10.7. The molecule has 0 amide bonds. The van der Waals surface area contributed by atoms with Crippen LogP contribution in [0.15, 0.2) is 0 Å². The Balaban J connectivity index is 1.59. The summed E-state index contributed by atoms with van der Waals surface area (Å²) >= 11 is 3.70. The van der Waals surface area contributed by atoms with Gasteiger partial charge in [0.25, 0.3) is 0 Å². The van der Waals surface area contributed by atoms with E-state index in [0.717, 1.165) is 24.3 Å². The fourth-order valence-corrected chi connectivity index (χ4v) is 5.04. The Morgan fingerprint density at radius 3 is 3.11 bits per heavy atom. The van der Waals surface area contributed by atoms with Gasteiger partial charge in [0.2, 0.25) is 0 Å². The van der Waals surface area contributed by atoms with Gasteiger partial charge in [-0.3, -0.25) is 0 Å². The van der Waals surface area contributed by atoms with Crippen LogP contribution in [0.4, 0.5) is 0 Å². The molecule has 2 atom stereocenters. The second-order valence-electron chi connectivity index (χ2n) is 5.41. The molecule has 18 heavy (non-hydrogen) atoms. The summed E-state index contributed by atoms with van der Waals surface area (Å²) < 4.78 is 0. The number of thioether (sulfide) groups is 1. The second kappa shape index (κ2) is 5.12. The number of thiazole rings is 1. The Morgan fingerprint density at radius 1 is 1.50 bits per heavy atom. The quantitative estimate of drug-likeness (QED) is 0.889. The zero-order chi connectivity index (χ0) is 12.6. The van der Waals surface area contributed by atoms with Crippen molar-refractivity contribution in [2.75, 3.05) is 18.1 Å². The van der Waals surface area contributed by atoms with Gasteiger partial charge in [0.05, 0.1) is 17.3 Å². The van der Waals surface area contributed by atoms with Gasteiger partial charge in [-0.2, -0.15) is 11.8 Å². The first kappa shape index (κ1) is 12.9. The van der Waals surface area contributed by atoms with E-state index < -0.39 is 5.60 Å². The molecule has 0 aromatic carbocycles. The van der Waals surface area contributed by atoms with Crippen LogP contribution in [0.1, 0.15) is 41.4 Å². The predicted octanol–water partition coefficient (Wildman–Crippen LogP) is 2.15. The molecular weight excluding hydrogens is 264 g/mol. The summed E-state index contributed by atoms with van der Waals surface area (Å²) in [5, 5.41) is 14.9. The summed E-state index contributed by atoms with van der Waals surface area (Å²) in [6.07, 6.45) is 4.54. The van der Waals surface area contributed by atoms with E-state index in [-0.39, 0.29) is 6.04 Å². The van der Waals surface area contributed by atoms with E-state index in [2.05, 4.69) is 12.2 Å². The highest BCUT2D eigenvalue weighted by Gasteiger charge is 2.32. The molecule has 1 aliphatic carbocycles. The monoisotopic (exact) mass is 284 g/mol. The molecule has 0 bridgehead atoms. The topological polar surface area (TPSA) is 45.1 Å². The van der Waals surface area contributed by atoms with Crippen molar-refractivity contribution < 1.29 is 5.11 Å². The lowest BCUT2D eigenvalue weighted by molar-refractivity contribution is 0.0651. The van der Waals surface area contributed by atoms with Crippen molar-refractivity contribution >= 4 is 23.1 Å². The standard InChI is InChI=1S/C13H20N2OS2/c1-9(14-7-13(16)5-6-17-8-13)12-15-10-3-2-4-11(10)18-12/h9,14,16H,2-8H2,1H3. The first-order valence-corrected chi connectivity index (χ1v) is 8.65. The van der Waals surface area contributed by atoms with Gasteiger partial charge in [-0.05, 0) is 38.4 Å². The molecule has 3 rings (SSSR count). The van der Waals surface area contributed by atoms with Gasteiger partial charge in [0.1, 0.15) is 5.01 Å². The minimum atomic E-state index is -0.501. The Bertz CT molecular complexity index is 405. The van der Waals surface area contributed by atoms with Gasteiger partial charge in [-0.1, -0.05) is 0 Å². The van der Waals surface area contributed by atoms with Gasteiger partial charge in [-0.25, -0.2) is 4.98 Å². The van der Waals surface area contributed by atoms with Crippen molar-refractivity contribution in [1.82, 2.24) is 10.3 Å². The number of hydrogen-bond donors (Lipinski definition) is 2. The van der Waals surface area contributed by atoms with Gasteiger partial charge in [0.15, 0.2) is 0 Å². The minimum Gasteiger partial charge on any atom is -0.388 e. The fourth-order valence-electron chi connectivity index (χ4n) is 2.56. The molecule has 2 N–H and O–H groups in total. The lowest BCUT2D eigenvalue weighted by Crippen LogP contribution is -2.41. The van der Waals surface area contributed by atoms with Crippen molar-refractivity contribution in [3.05, 3.63) is 15.6 Å². The van der Waals surface area contributed by atoms with Gasteiger partial charge < -0.3 is 10.4 Å². The molecule has 0 saturated carbocycles. The Kier molecular flexibility index (Phi) is 3.67. The molecule has 0 radical (unpaired) electrons. The van der Waals surface area contributed by atoms with Crippen LogP contribution in [-0.4, -0.2) is 33.7 Å². The number of aromatic nitrogens is 1. The van der Waals surface area contributed by atoms with Crippen LogP contribution in [0.25, 0.3) is 0 Å². The van der Waals surface area contributed by atoms with Crippen LogP contribution >= 0.6 is 23.1 Å². The van der Waals surface area contributed by atoms with Crippen LogP contribution in [0.3, 0.4) is 0 Å². The molecule has 2 heterocycles. The SMILES string of the molecule is CC(NCC1(O)CCSC1)c1nc2c(s1)CCC2. The minimum absolute atomic E-state index is 0.259. The largest absolute Gasteiger partial charge is 0.388 e. The van der Waals surface area contributed by atoms with Crippen molar-refractivity contribution in [3.8, 4) is 0 Å². The summed E-state index contributed by atoms with van der Waals surface area (Å²) in [5.41, 5.74) is 0.817. The molecular formula is C13H20N2OS2. The van der Waals surface area contributed by atoms with E-state index in [0.29, 0.717) is 6.54 Å². The third kappa shape index (κ3) is 2.59. The number of rotatable bonds is 4. The smallest absolute Gasteiger partial charge is 0.110 e. The third-order valence-corrected chi connectivity index (χ3v) is 6.38. The van der Waals surface area contributed by atoms with E-state index in [9.17, 15) is 5.11 Å². The van der Waals surface area contributed by atoms with E-state index in [1.165, 1.54) is 28.4 Å². The van der Waals surface area contributed by atoms with Crippen LogP contribution in [0.2, 0.25) is 0 Å². The molecule has 2 unspecified atom stereocenters. The van der Waals surface area contributed by atoms with Crippen molar-refractivity contribution in [2.45, 2.75) is 44.2 Å². The summed E-state index contributed by atoms with van der Waals surface area (Å²) in [7, 11) is 0. The average molecular weight is 284 g/mol. The van der Waals surface area contributed by atoms with E-state index in [4.69, 9.17) is 4.98 Å². The number of nitrogens with one attached hydrogen (secondary N) is 1.